The molecule has 7 rings (SSSR count). The van der Waals surface area contributed by atoms with Crippen LogP contribution in [0, 0.1) is 17.8 Å². The lowest BCUT2D eigenvalue weighted by atomic mass is 9.63. The summed E-state index contributed by atoms with van der Waals surface area (Å²) in [5.41, 5.74) is 1.21. The van der Waals surface area contributed by atoms with E-state index in [1.54, 1.807) is 0 Å². The molecule has 3 aliphatic heterocycles. The Kier molecular flexibility index (Phi) is 6.62. The molecule has 3 saturated heterocycles. The van der Waals surface area contributed by atoms with E-state index in [0.717, 1.165) is 69.3 Å². The average molecular weight is 457 g/mol. The largest absolute Gasteiger partial charge is 0.476 e. The Morgan fingerprint density at radius 2 is 1.82 bits per heavy atom. The molecule has 6 fully saturated rings. The SMILES string of the molecule is c1cc(OCCN2CCOCC2)ncc1[C@@H]1CCC[C@]2(CC3CC4CC(C3)CC(C4)OO2)C1. The Morgan fingerprint density at radius 3 is 2.61 bits per heavy atom. The number of aromatic nitrogens is 1. The van der Waals surface area contributed by atoms with Crippen LogP contribution >= 0.6 is 0 Å². The lowest BCUT2D eigenvalue weighted by Crippen LogP contribution is -2.40. The maximum absolute atomic E-state index is 6.40. The number of ether oxygens (including phenoxy) is 2. The van der Waals surface area contributed by atoms with Crippen LogP contribution in [-0.4, -0.2) is 61.0 Å². The van der Waals surface area contributed by atoms with E-state index in [1.807, 2.05) is 6.20 Å². The Labute approximate surface area is 198 Å². The first kappa shape index (κ1) is 22.3. The van der Waals surface area contributed by atoms with Gasteiger partial charge in [0, 0.05) is 31.9 Å². The Hall–Kier alpha value is -1.21. The van der Waals surface area contributed by atoms with E-state index in [-0.39, 0.29) is 5.60 Å². The molecule has 1 spiro atoms. The highest BCUT2D eigenvalue weighted by molar-refractivity contribution is 5.22. The molecule has 0 aromatic carbocycles. The average Bonchev–Trinajstić information content (AvgIpc) is 2.91. The predicted octanol–water partition coefficient (Wildman–Crippen LogP) is 4.74. The summed E-state index contributed by atoms with van der Waals surface area (Å²) in [6.45, 7) is 5.25. The first-order chi connectivity index (χ1) is 16.2. The smallest absolute Gasteiger partial charge is 0.213 e. The third kappa shape index (κ3) is 5.24. The topological polar surface area (TPSA) is 53.1 Å². The van der Waals surface area contributed by atoms with Crippen LogP contribution in [0.15, 0.2) is 18.3 Å². The van der Waals surface area contributed by atoms with Gasteiger partial charge < -0.3 is 9.47 Å². The van der Waals surface area contributed by atoms with Crippen LogP contribution in [0.4, 0.5) is 0 Å². The fraction of sp³-hybridized carbons (Fsp3) is 0.815. The number of rotatable bonds is 5. The summed E-state index contributed by atoms with van der Waals surface area (Å²) in [7, 11) is 0. The van der Waals surface area contributed by atoms with Gasteiger partial charge in [-0.3, -0.25) is 4.90 Å². The summed E-state index contributed by atoms with van der Waals surface area (Å²) in [6.07, 6.45) is 14.8. The van der Waals surface area contributed by atoms with Crippen molar-refractivity contribution in [2.45, 2.75) is 81.8 Å². The van der Waals surface area contributed by atoms with E-state index in [0.29, 0.717) is 18.6 Å². The number of nitrogens with zero attached hydrogens (tertiary/aromatic N) is 2. The zero-order chi connectivity index (χ0) is 22.1. The van der Waals surface area contributed by atoms with Crippen molar-refractivity contribution in [3.8, 4) is 5.88 Å². The molecule has 2 unspecified atom stereocenters. The summed E-state index contributed by atoms with van der Waals surface area (Å²) in [5, 5.41) is 0. The van der Waals surface area contributed by atoms with Crippen molar-refractivity contribution in [1.29, 1.82) is 0 Å². The fourth-order valence-corrected chi connectivity index (χ4v) is 7.60. The molecule has 3 aliphatic carbocycles. The van der Waals surface area contributed by atoms with Gasteiger partial charge in [-0.15, -0.1) is 0 Å². The van der Waals surface area contributed by atoms with Crippen LogP contribution in [-0.2, 0) is 14.5 Å². The maximum Gasteiger partial charge on any atom is 0.213 e. The molecule has 33 heavy (non-hydrogen) atoms. The molecule has 4 bridgehead atoms. The van der Waals surface area contributed by atoms with Crippen molar-refractivity contribution < 1.29 is 19.2 Å². The third-order valence-corrected chi connectivity index (χ3v) is 9.01. The molecule has 4 atom stereocenters. The Balaban J connectivity index is 1.07. The van der Waals surface area contributed by atoms with E-state index < -0.39 is 0 Å². The van der Waals surface area contributed by atoms with Crippen molar-refractivity contribution in [3.05, 3.63) is 23.9 Å². The number of hydrogen-bond acceptors (Lipinski definition) is 6. The van der Waals surface area contributed by atoms with Gasteiger partial charge in [0.2, 0.25) is 5.88 Å². The van der Waals surface area contributed by atoms with Crippen molar-refractivity contribution in [1.82, 2.24) is 9.88 Å². The highest BCUT2D eigenvalue weighted by Gasteiger charge is 2.47. The summed E-state index contributed by atoms with van der Waals surface area (Å²) in [5.74, 6) is 3.77. The van der Waals surface area contributed by atoms with Crippen molar-refractivity contribution in [3.63, 3.8) is 0 Å². The molecule has 182 valence electrons. The van der Waals surface area contributed by atoms with Gasteiger partial charge >= 0.3 is 0 Å². The normalized spacial score (nSPS) is 39.2. The van der Waals surface area contributed by atoms with Gasteiger partial charge in [-0.2, -0.15) is 0 Å². The zero-order valence-corrected chi connectivity index (χ0v) is 20.0. The van der Waals surface area contributed by atoms with E-state index >= 15 is 0 Å². The minimum absolute atomic E-state index is 0.111. The molecule has 0 N–H and O–H groups in total. The van der Waals surface area contributed by atoms with E-state index in [4.69, 9.17) is 19.2 Å². The molecule has 1 aromatic heterocycles. The van der Waals surface area contributed by atoms with Crippen molar-refractivity contribution >= 4 is 0 Å². The maximum atomic E-state index is 6.40. The van der Waals surface area contributed by atoms with Crippen LogP contribution in [0.2, 0.25) is 0 Å². The highest BCUT2D eigenvalue weighted by Crippen LogP contribution is 2.52. The number of pyridine rings is 1. The molecule has 6 aliphatic rings. The Morgan fingerprint density at radius 1 is 1.00 bits per heavy atom. The van der Waals surface area contributed by atoms with Gasteiger partial charge in [-0.1, -0.05) is 6.07 Å². The van der Waals surface area contributed by atoms with E-state index in [2.05, 4.69) is 22.0 Å². The first-order valence-electron chi connectivity index (χ1n) is 13.5. The number of hydrogen-bond donors (Lipinski definition) is 0. The Bertz CT molecular complexity index is 769. The molecule has 0 amide bonds. The quantitative estimate of drug-likeness (QED) is 0.597. The van der Waals surface area contributed by atoms with Crippen LogP contribution in [0.5, 0.6) is 5.88 Å². The zero-order valence-electron chi connectivity index (χ0n) is 20.0. The van der Waals surface area contributed by atoms with Gasteiger partial charge in [0.15, 0.2) is 0 Å². The van der Waals surface area contributed by atoms with Crippen LogP contribution in [0.1, 0.15) is 75.7 Å². The molecule has 6 nitrogen and oxygen atoms in total. The molecule has 3 saturated carbocycles. The summed E-state index contributed by atoms with van der Waals surface area (Å²) in [4.78, 5) is 19.6. The lowest BCUT2D eigenvalue weighted by Gasteiger charge is -2.42. The molecular formula is C27H40N2O4. The van der Waals surface area contributed by atoms with Gasteiger partial charge in [0.05, 0.1) is 19.3 Å². The third-order valence-electron chi connectivity index (χ3n) is 9.01. The van der Waals surface area contributed by atoms with Crippen LogP contribution < -0.4 is 4.74 Å². The van der Waals surface area contributed by atoms with Gasteiger partial charge in [-0.05, 0) is 93.4 Å². The van der Waals surface area contributed by atoms with E-state index in [9.17, 15) is 0 Å². The monoisotopic (exact) mass is 456 g/mol. The van der Waals surface area contributed by atoms with Crippen molar-refractivity contribution in [2.24, 2.45) is 17.8 Å². The second-order valence-corrected chi connectivity index (χ2v) is 11.5. The van der Waals surface area contributed by atoms with Crippen LogP contribution in [0.3, 0.4) is 0 Å². The minimum atomic E-state index is -0.111. The standard InChI is InChI=1S/C27H40N2O4/c1-2-23(24-3-4-26(28-19-24)31-11-8-29-6-9-30-10-7-29)18-27(5-1)17-22-13-20-12-21(14-22)16-25(15-20)32-33-27/h3-4,19-23,25H,1-2,5-18H2/t20?,21?,22?,23-,25?,27+/m1/s1. The first-order valence-corrected chi connectivity index (χ1v) is 13.5. The molecular weight excluding hydrogens is 416 g/mol. The minimum Gasteiger partial charge on any atom is -0.476 e. The molecule has 0 radical (unpaired) electrons. The molecule has 4 heterocycles. The summed E-state index contributed by atoms with van der Waals surface area (Å²) < 4.78 is 11.3. The van der Waals surface area contributed by atoms with Gasteiger partial charge in [0.1, 0.15) is 12.2 Å². The second-order valence-electron chi connectivity index (χ2n) is 11.5. The van der Waals surface area contributed by atoms with E-state index in [1.165, 1.54) is 56.9 Å². The fourth-order valence-electron chi connectivity index (χ4n) is 7.60. The van der Waals surface area contributed by atoms with Gasteiger partial charge in [0.25, 0.3) is 0 Å². The molecule has 6 heteroatoms. The number of morpholine rings is 1. The molecule has 1 aromatic rings. The summed E-state index contributed by atoms with van der Waals surface area (Å²) in [6, 6.07) is 4.28. The lowest BCUT2D eigenvalue weighted by molar-refractivity contribution is -0.394. The van der Waals surface area contributed by atoms with Crippen molar-refractivity contribution in [2.75, 3.05) is 39.5 Å². The van der Waals surface area contributed by atoms with Crippen LogP contribution in [0.25, 0.3) is 0 Å². The van der Waals surface area contributed by atoms with Gasteiger partial charge in [-0.25, -0.2) is 14.8 Å². The summed E-state index contributed by atoms with van der Waals surface area (Å²) >= 11 is 0. The highest BCUT2D eigenvalue weighted by atomic mass is 17.2. The predicted molar refractivity (Wildman–Crippen MR) is 125 cm³/mol. The number of fused-ring (bicyclic) bond motifs is 1. The second kappa shape index (κ2) is 9.80.